The van der Waals surface area contributed by atoms with E-state index in [-0.39, 0.29) is 17.7 Å². The van der Waals surface area contributed by atoms with Crippen molar-refractivity contribution in [3.63, 3.8) is 0 Å². The Hall–Kier alpha value is -1.77. The highest BCUT2D eigenvalue weighted by Crippen LogP contribution is 2.10. The Kier molecular flexibility index (Phi) is 8.37. The van der Waals surface area contributed by atoms with Crippen LogP contribution in [0.4, 0.5) is 4.79 Å². The zero-order valence-corrected chi connectivity index (χ0v) is 13.0. The van der Waals surface area contributed by atoms with Gasteiger partial charge in [0.15, 0.2) is 0 Å². The van der Waals surface area contributed by atoms with Gasteiger partial charge in [0.2, 0.25) is 5.91 Å². The molecule has 0 saturated carbocycles. The van der Waals surface area contributed by atoms with E-state index in [9.17, 15) is 9.59 Å². The first-order valence-corrected chi connectivity index (χ1v) is 6.88. The second kappa shape index (κ2) is 9.18. The molecule has 0 heterocycles. The van der Waals surface area contributed by atoms with Gasteiger partial charge in [-0.15, -0.1) is 0 Å². The average molecular weight is 283 g/mol. The van der Waals surface area contributed by atoms with Crippen LogP contribution in [0.3, 0.4) is 0 Å². The fourth-order valence-corrected chi connectivity index (χ4v) is 1.86. The Morgan fingerprint density at radius 3 is 2.35 bits per heavy atom. The number of nitrogens with one attached hydrogen (secondary N) is 1. The van der Waals surface area contributed by atoms with Gasteiger partial charge in [0.25, 0.3) is 0 Å². The van der Waals surface area contributed by atoms with Gasteiger partial charge in [0.05, 0.1) is 19.1 Å². The number of carbonyl (C=O) groups excluding carboxylic acids is 2. The van der Waals surface area contributed by atoms with Crippen LogP contribution >= 0.6 is 0 Å². The summed E-state index contributed by atoms with van der Waals surface area (Å²) in [4.78, 5) is 25.4. The lowest BCUT2D eigenvalue weighted by Gasteiger charge is -2.28. The minimum absolute atomic E-state index is 0.172. The van der Waals surface area contributed by atoms with Crippen molar-refractivity contribution in [3.05, 3.63) is 0 Å². The van der Waals surface area contributed by atoms with E-state index in [2.05, 4.69) is 16.1 Å². The monoisotopic (exact) mass is 283 g/mol. The van der Waals surface area contributed by atoms with E-state index in [1.165, 1.54) is 7.11 Å². The van der Waals surface area contributed by atoms with Crippen molar-refractivity contribution in [3.8, 4) is 6.07 Å². The number of nitriles is 1. The van der Waals surface area contributed by atoms with Crippen LogP contribution in [0.5, 0.6) is 0 Å². The predicted molar refractivity (Wildman–Crippen MR) is 75.8 cm³/mol. The molecule has 0 aliphatic carbocycles. The number of alkyl carbamates (subject to hydrolysis) is 1. The van der Waals surface area contributed by atoms with Crippen LogP contribution in [-0.2, 0) is 9.53 Å². The van der Waals surface area contributed by atoms with Crippen molar-refractivity contribution < 1.29 is 14.3 Å². The summed E-state index contributed by atoms with van der Waals surface area (Å²) in [6.45, 7) is 8.44. The lowest BCUT2D eigenvalue weighted by atomic mass is 10.0. The molecule has 0 bridgehead atoms. The number of carbonyl (C=O) groups is 2. The zero-order valence-electron chi connectivity index (χ0n) is 13.0. The quantitative estimate of drug-likeness (QED) is 0.772. The van der Waals surface area contributed by atoms with Crippen molar-refractivity contribution in [2.45, 2.75) is 40.2 Å². The summed E-state index contributed by atoms with van der Waals surface area (Å²) < 4.78 is 4.55. The largest absolute Gasteiger partial charge is 0.453 e. The van der Waals surface area contributed by atoms with Crippen LogP contribution < -0.4 is 5.32 Å². The maximum absolute atomic E-state index is 12.5. The highest BCUT2D eigenvalue weighted by molar-refractivity contribution is 5.85. The predicted octanol–water partition coefficient (Wildman–Crippen LogP) is 1.77. The molecule has 6 heteroatoms. The van der Waals surface area contributed by atoms with E-state index >= 15 is 0 Å². The number of amides is 2. The van der Waals surface area contributed by atoms with Crippen molar-refractivity contribution >= 4 is 12.0 Å². The average Bonchev–Trinajstić information content (AvgIpc) is 2.42. The van der Waals surface area contributed by atoms with Crippen LogP contribution in [0.25, 0.3) is 0 Å². The standard InChI is InChI=1S/C14H25N3O3/c1-6-17(9-11(4)8-15)13(18)12(7-10(2)3)16-14(19)20-5/h10-12H,6-7,9H2,1-5H3,(H,16,19). The van der Waals surface area contributed by atoms with Gasteiger partial charge in [0.1, 0.15) is 6.04 Å². The highest BCUT2D eigenvalue weighted by Gasteiger charge is 2.27. The Bertz CT molecular complexity index is 363. The number of methoxy groups -OCH3 is 1. The van der Waals surface area contributed by atoms with E-state index < -0.39 is 12.1 Å². The molecular formula is C14H25N3O3. The molecule has 0 aromatic heterocycles. The molecule has 0 fully saturated rings. The van der Waals surface area contributed by atoms with Crippen LogP contribution in [0.1, 0.15) is 34.1 Å². The van der Waals surface area contributed by atoms with E-state index in [0.717, 1.165) is 0 Å². The molecule has 0 spiro atoms. The maximum atomic E-state index is 12.5. The van der Waals surface area contributed by atoms with Gasteiger partial charge in [-0.2, -0.15) is 5.26 Å². The molecule has 0 aliphatic rings. The molecule has 0 aliphatic heterocycles. The van der Waals surface area contributed by atoms with Crippen LogP contribution in [0, 0.1) is 23.2 Å². The van der Waals surface area contributed by atoms with Gasteiger partial charge in [-0.1, -0.05) is 13.8 Å². The lowest BCUT2D eigenvalue weighted by molar-refractivity contribution is -0.133. The van der Waals surface area contributed by atoms with Crippen molar-refractivity contribution in [2.75, 3.05) is 20.2 Å². The molecule has 0 aromatic rings. The Labute approximate surface area is 121 Å². The van der Waals surface area contributed by atoms with E-state index in [0.29, 0.717) is 19.5 Å². The number of rotatable bonds is 7. The SMILES string of the molecule is CCN(CC(C)C#N)C(=O)C(CC(C)C)NC(=O)OC. The second-order valence-corrected chi connectivity index (χ2v) is 5.23. The summed E-state index contributed by atoms with van der Waals surface area (Å²) in [5, 5.41) is 11.4. The topological polar surface area (TPSA) is 82.4 Å². The molecule has 114 valence electrons. The Balaban J connectivity index is 4.88. The molecule has 0 aromatic carbocycles. The van der Waals surface area contributed by atoms with Crippen LogP contribution in [0.15, 0.2) is 0 Å². The van der Waals surface area contributed by atoms with Gasteiger partial charge in [-0.25, -0.2) is 4.79 Å². The molecule has 2 atom stereocenters. The summed E-state index contributed by atoms with van der Waals surface area (Å²) in [5.41, 5.74) is 0. The highest BCUT2D eigenvalue weighted by atomic mass is 16.5. The first-order valence-electron chi connectivity index (χ1n) is 6.88. The fraction of sp³-hybridized carbons (Fsp3) is 0.786. The third-order valence-electron chi connectivity index (χ3n) is 2.89. The second-order valence-electron chi connectivity index (χ2n) is 5.23. The maximum Gasteiger partial charge on any atom is 0.407 e. The fourth-order valence-electron chi connectivity index (χ4n) is 1.86. The smallest absolute Gasteiger partial charge is 0.407 e. The lowest BCUT2D eigenvalue weighted by Crippen LogP contribution is -2.50. The molecule has 2 unspecified atom stereocenters. The van der Waals surface area contributed by atoms with Crippen LogP contribution in [0.2, 0.25) is 0 Å². The Morgan fingerprint density at radius 1 is 1.35 bits per heavy atom. The van der Waals surface area contributed by atoms with E-state index in [1.807, 2.05) is 20.8 Å². The molecule has 0 radical (unpaired) electrons. The van der Waals surface area contributed by atoms with Gasteiger partial charge in [-0.3, -0.25) is 4.79 Å². The van der Waals surface area contributed by atoms with Gasteiger partial charge < -0.3 is 15.0 Å². The number of hydrogen-bond donors (Lipinski definition) is 1. The first kappa shape index (κ1) is 18.2. The third kappa shape index (κ3) is 6.41. The van der Waals surface area contributed by atoms with Gasteiger partial charge in [-0.05, 0) is 26.2 Å². The summed E-state index contributed by atoms with van der Waals surface area (Å²) in [6.07, 6.45) is -0.0841. The summed E-state index contributed by atoms with van der Waals surface area (Å²) >= 11 is 0. The molecule has 0 saturated heterocycles. The van der Waals surface area contributed by atoms with E-state index in [4.69, 9.17) is 5.26 Å². The van der Waals surface area contributed by atoms with E-state index in [1.54, 1.807) is 11.8 Å². The van der Waals surface area contributed by atoms with Gasteiger partial charge >= 0.3 is 6.09 Å². The summed E-state index contributed by atoms with van der Waals surface area (Å²) in [6, 6.07) is 1.49. The normalized spacial score (nSPS) is 13.2. The zero-order chi connectivity index (χ0) is 15.7. The van der Waals surface area contributed by atoms with Crippen molar-refractivity contribution in [2.24, 2.45) is 11.8 Å². The molecule has 20 heavy (non-hydrogen) atoms. The third-order valence-corrected chi connectivity index (χ3v) is 2.89. The van der Waals surface area contributed by atoms with Gasteiger partial charge in [0, 0.05) is 13.1 Å². The number of likely N-dealkylation sites (N-methyl/N-ethyl adjacent to an activating group) is 1. The molecular weight excluding hydrogens is 258 g/mol. The number of hydrogen-bond acceptors (Lipinski definition) is 4. The summed E-state index contributed by atoms with van der Waals surface area (Å²) in [5.74, 6) is -0.154. The Morgan fingerprint density at radius 2 is 1.95 bits per heavy atom. The molecule has 1 N–H and O–H groups in total. The minimum atomic E-state index is -0.617. The molecule has 2 amide bonds. The molecule has 6 nitrogen and oxygen atoms in total. The van der Waals surface area contributed by atoms with Crippen molar-refractivity contribution in [1.82, 2.24) is 10.2 Å². The van der Waals surface area contributed by atoms with Crippen LogP contribution in [-0.4, -0.2) is 43.1 Å². The summed E-state index contributed by atoms with van der Waals surface area (Å²) in [7, 11) is 1.27. The van der Waals surface area contributed by atoms with Crippen molar-refractivity contribution in [1.29, 1.82) is 5.26 Å². The first-order chi connectivity index (χ1) is 9.35. The minimum Gasteiger partial charge on any atom is -0.453 e. The molecule has 0 rings (SSSR count). The number of nitrogens with zero attached hydrogens (tertiary/aromatic N) is 2. The number of ether oxygens (including phenoxy) is 1.